The van der Waals surface area contributed by atoms with Gasteiger partial charge in [-0.05, 0) is 23.8 Å². The third-order valence-corrected chi connectivity index (χ3v) is 3.61. The summed E-state index contributed by atoms with van der Waals surface area (Å²) in [5, 5.41) is 0.0622. The summed E-state index contributed by atoms with van der Waals surface area (Å²) in [6.07, 6.45) is 3.43. The minimum atomic E-state index is -0.462. The Morgan fingerprint density at radius 2 is 1.95 bits per heavy atom. The lowest BCUT2D eigenvalue weighted by atomic mass is 10.2. The summed E-state index contributed by atoms with van der Waals surface area (Å²) in [5.74, 6) is 0.468. The average Bonchev–Trinajstić information content (AvgIpc) is 2.78. The third kappa shape index (κ3) is 2.37. The number of benzene rings is 1. The van der Waals surface area contributed by atoms with E-state index in [4.69, 9.17) is 23.2 Å². The topological polar surface area (TPSA) is 30.7 Å². The van der Waals surface area contributed by atoms with Crippen LogP contribution in [0.5, 0.6) is 0 Å². The molecule has 0 N–H and O–H groups in total. The van der Waals surface area contributed by atoms with Crippen LogP contribution in [-0.4, -0.2) is 14.5 Å². The van der Waals surface area contributed by atoms with Crippen LogP contribution in [0, 0.1) is 5.82 Å². The molecule has 102 valence electrons. The molecule has 3 nitrogen and oxygen atoms in total. The van der Waals surface area contributed by atoms with Gasteiger partial charge in [-0.25, -0.2) is 9.37 Å². The van der Waals surface area contributed by atoms with Gasteiger partial charge in [-0.1, -0.05) is 11.6 Å². The summed E-state index contributed by atoms with van der Waals surface area (Å²) < 4.78 is 15.6. The molecule has 0 fully saturated rings. The summed E-state index contributed by atoms with van der Waals surface area (Å²) in [6.45, 7) is 0.558. The fourth-order valence-electron chi connectivity index (χ4n) is 2.12. The Hall–Kier alpha value is -1.65. The van der Waals surface area contributed by atoms with E-state index < -0.39 is 5.82 Å². The zero-order chi connectivity index (χ0) is 14.1. The highest BCUT2D eigenvalue weighted by molar-refractivity contribution is 6.31. The van der Waals surface area contributed by atoms with Gasteiger partial charge in [0.05, 0.1) is 21.9 Å². The molecule has 2 heterocycles. The fourth-order valence-corrected chi connectivity index (χ4v) is 2.48. The molecule has 3 aromatic rings. The van der Waals surface area contributed by atoms with E-state index in [9.17, 15) is 4.39 Å². The highest BCUT2D eigenvalue weighted by Gasteiger charge is 2.13. The molecule has 0 atom stereocenters. The number of aromatic nitrogens is 3. The minimum absolute atomic E-state index is 0.0622. The van der Waals surface area contributed by atoms with Gasteiger partial charge in [-0.2, -0.15) is 0 Å². The molecule has 0 saturated heterocycles. The standard InChI is InChI=1S/C14H10Cl2FN3/c15-7-14-19-12-5-10(16)11(17)6-13(12)20(14)8-9-1-3-18-4-2-9/h1-6H,7-8H2. The summed E-state index contributed by atoms with van der Waals surface area (Å²) in [4.78, 5) is 8.37. The maximum absolute atomic E-state index is 13.7. The minimum Gasteiger partial charge on any atom is -0.322 e. The van der Waals surface area contributed by atoms with E-state index in [-0.39, 0.29) is 10.9 Å². The molecule has 0 amide bonds. The largest absolute Gasteiger partial charge is 0.322 e. The molecule has 0 aliphatic heterocycles. The predicted molar refractivity (Wildman–Crippen MR) is 77.6 cm³/mol. The van der Waals surface area contributed by atoms with Gasteiger partial charge in [-0.3, -0.25) is 4.98 Å². The Balaban J connectivity index is 2.15. The number of rotatable bonds is 3. The highest BCUT2D eigenvalue weighted by atomic mass is 35.5. The van der Waals surface area contributed by atoms with E-state index in [0.717, 1.165) is 5.56 Å². The summed E-state index contributed by atoms with van der Waals surface area (Å²) in [7, 11) is 0. The monoisotopic (exact) mass is 309 g/mol. The van der Waals surface area contributed by atoms with Gasteiger partial charge in [0.25, 0.3) is 0 Å². The molecule has 2 aromatic heterocycles. The summed E-state index contributed by atoms with van der Waals surface area (Å²) >= 11 is 11.7. The molecule has 0 aliphatic rings. The maximum Gasteiger partial charge on any atom is 0.144 e. The second kappa shape index (κ2) is 5.38. The van der Waals surface area contributed by atoms with Crippen LogP contribution in [0.25, 0.3) is 11.0 Å². The van der Waals surface area contributed by atoms with Crippen molar-refractivity contribution < 1.29 is 4.39 Å². The second-order valence-corrected chi connectivity index (χ2v) is 5.03. The van der Waals surface area contributed by atoms with E-state index in [1.165, 1.54) is 12.1 Å². The van der Waals surface area contributed by atoms with E-state index >= 15 is 0 Å². The van der Waals surface area contributed by atoms with Crippen LogP contribution in [0.1, 0.15) is 11.4 Å². The zero-order valence-electron chi connectivity index (χ0n) is 10.4. The van der Waals surface area contributed by atoms with Gasteiger partial charge in [0.2, 0.25) is 0 Å². The van der Waals surface area contributed by atoms with E-state index in [2.05, 4.69) is 9.97 Å². The molecule has 6 heteroatoms. The molecule has 0 spiro atoms. The van der Waals surface area contributed by atoms with Gasteiger partial charge >= 0.3 is 0 Å². The van der Waals surface area contributed by atoms with Crippen molar-refractivity contribution in [3.63, 3.8) is 0 Å². The van der Waals surface area contributed by atoms with Crippen molar-refractivity contribution in [2.45, 2.75) is 12.4 Å². The fraction of sp³-hybridized carbons (Fsp3) is 0.143. The first kappa shape index (κ1) is 13.3. The van der Waals surface area contributed by atoms with Crippen LogP contribution in [0.2, 0.25) is 5.02 Å². The first-order valence-corrected chi connectivity index (χ1v) is 6.89. The van der Waals surface area contributed by atoms with Crippen molar-refractivity contribution in [1.82, 2.24) is 14.5 Å². The molecule has 0 radical (unpaired) electrons. The normalized spacial score (nSPS) is 11.2. The molecular formula is C14H10Cl2FN3. The van der Waals surface area contributed by atoms with Crippen molar-refractivity contribution >= 4 is 34.2 Å². The number of halogens is 3. The van der Waals surface area contributed by atoms with Crippen molar-refractivity contribution in [3.8, 4) is 0 Å². The molecule has 0 aliphatic carbocycles. The Morgan fingerprint density at radius 1 is 1.20 bits per heavy atom. The van der Waals surface area contributed by atoms with Crippen molar-refractivity contribution in [3.05, 3.63) is 58.9 Å². The molecular weight excluding hydrogens is 300 g/mol. The number of imidazole rings is 1. The van der Waals surface area contributed by atoms with E-state index in [1.54, 1.807) is 12.4 Å². The van der Waals surface area contributed by atoms with Gasteiger partial charge in [-0.15, -0.1) is 11.6 Å². The number of nitrogens with zero attached hydrogens (tertiary/aromatic N) is 3. The molecule has 20 heavy (non-hydrogen) atoms. The van der Waals surface area contributed by atoms with Crippen LogP contribution in [0.4, 0.5) is 4.39 Å². The van der Waals surface area contributed by atoms with Crippen molar-refractivity contribution in [2.24, 2.45) is 0 Å². The zero-order valence-corrected chi connectivity index (χ0v) is 11.9. The van der Waals surface area contributed by atoms with Crippen LogP contribution >= 0.6 is 23.2 Å². The van der Waals surface area contributed by atoms with Crippen molar-refractivity contribution in [2.75, 3.05) is 0 Å². The van der Waals surface area contributed by atoms with Crippen LogP contribution in [0.15, 0.2) is 36.7 Å². The van der Waals surface area contributed by atoms with Crippen LogP contribution in [-0.2, 0) is 12.4 Å². The highest BCUT2D eigenvalue weighted by Crippen LogP contribution is 2.25. The van der Waals surface area contributed by atoms with E-state index in [1.807, 2.05) is 16.7 Å². The maximum atomic E-state index is 13.7. The quantitative estimate of drug-likeness (QED) is 0.684. The lowest BCUT2D eigenvalue weighted by Crippen LogP contribution is -2.04. The molecule has 0 bridgehead atoms. The molecule has 0 saturated carbocycles. The van der Waals surface area contributed by atoms with E-state index in [0.29, 0.717) is 23.4 Å². The molecule has 0 unspecified atom stereocenters. The van der Waals surface area contributed by atoms with Gasteiger partial charge < -0.3 is 4.57 Å². The number of pyridine rings is 1. The first-order chi connectivity index (χ1) is 9.69. The van der Waals surface area contributed by atoms with Crippen LogP contribution in [0.3, 0.4) is 0 Å². The number of fused-ring (bicyclic) bond motifs is 1. The van der Waals surface area contributed by atoms with Gasteiger partial charge in [0.15, 0.2) is 0 Å². The number of hydrogen-bond acceptors (Lipinski definition) is 2. The van der Waals surface area contributed by atoms with Crippen LogP contribution < -0.4 is 0 Å². The lowest BCUT2D eigenvalue weighted by molar-refractivity contribution is 0.628. The SMILES string of the molecule is Fc1cc2c(cc1Cl)nc(CCl)n2Cc1ccncc1. The predicted octanol–water partition coefficient (Wildman–Crippen LogP) is 4.01. The molecule has 1 aromatic carbocycles. The summed E-state index contributed by atoms with van der Waals surface area (Å²) in [6, 6.07) is 6.71. The van der Waals surface area contributed by atoms with Gasteiger partial charge in [0, 0.05) is 25.0 Å². The third-order valence-electron chi connectivity index (χ3n) is 3.08. The first-order valence-electron chi connectivity index (χ1n) is 5.98. The Labute approximate surface area is 125 Å². The number of alkyl halides is 1. The Morgan fingerprint density at radius 3 is 2.65 bits per heavy atom. The Kier molecular flexibility index (Phi) is 3.59. The van der Waals surface area contributed by atoms with Gasteiger partial charge in [0.1, 0.15) is 11.6 Å². The molecule has 3 rings (SSSR count). The number of hydrogen-bond donors (Lipinski definition) is 0. The Bertz CT molecular complexity index is 756. The summed E-state index contributed by atoms with van der Waals surface area (Å²) in [5.41, 5.74) is 2.36. The second-order valence-electron chi connectivity index (χ2n) is 4.36. The smallest absolute Gasteiger partial charge is 0.144 e. The lowest BCUT2D eigenvalue weighted by Gasteiger charge is -2.07. The average molecular weight is 310 g/mol. The van der Waals surface area contributed by atoms with Crippen molar-refractivity contribution in [1.29, 1.82) is 0 Å².